The highest BCUT2D eigenvalue weighted by Crippen LogP contribution is 2.16. The molecule has 1 aliphatic rings. The molecule has 0 spiro atoms. The molecule has 4 heteroatoms. The molecule has 30 valence electrons. The van der Waals surface area contributed by atoms with Gasteiger partial charge >= 0.3 is 5.24 Å². The third-order valence-corrected chi connectivity index (χ3v) is 0.735. The molecule has 0 bridgehead atoms. The Morgan fingerprint density at radius 2 is 2.67 bits per heavy atom. The first kappa shape index (κ1) is 3.80. The zero-order chi connectivity index (χ0) is 4.41. The van der Waals surface area contributed by atoms with Gasteiger partial charge in [0.2, 0.25) is 5.88 Å². The van der Waals surface area contributed by atoms with Crippen LogP contribution < -0.4 is 0 Å². The Hall–Kier alpha value is -0.380. The van der Waals surface area contributed by atoms with Crippen molar-refractivity contribution in [2.45, 2.75) is 0 Å². The summed E-state index contributed by atoms with van der Waals surface area (Å²) < 4.78 is 0. The third kappa shape index (κ3) is 0.567. The first-order chi connectivity index (χ1) is 2.89. The van der Waals surface area contributed by atoms with Crippen molar-refractivity contribution < 1.29 is 4.79 Å². The molecule has 0 aliphatic carbocycles. The molecule has 0 saturated heterocycles. The molecule has 0 aromatic carbocycles. The summed E-state index contributed by atoms with van der Waals surface area (Å²) in [6.45, 7) is 0. The molecule has 6 heavy (non-hydrogen) atoms. The maximum Gasteiger partial charge on any atom is 0.325 e. The number of rotatable bonds is 0. The minimum absolute atomic E-state index is 0.282. The fourth-order valence-corrected chi connectivity index (χ4v) is 0.383. The van der Waals surface area contributed by atoms with Crippen LogP contribution in [-0.4, -0.2) is 5.24 Å². The van der Waals surface area contributed by atoms with Crippen molar-refractivity contribution >= 4 is 17.0 Å². The number of azo groups is 1. The van der Waals surface area contributed by atoms with Gasteiger partial charge in [0.05, 0.1) is 0 Å². The highest BCUT2D eigenvalue weighted by atomic mass is 32.2. The van der Waals surface area contributed by atoms with E-state index in [4.69, 9.17) is 0 Å². The molecule has 1 rings (SSSR count). The van der Waals surface area contributed by atoms with Gasteiger partial charge in [-0.1, -0.05) is 0 Å². The molecule has 0 saturated carbocycles. The van der Waals surface area contributed by atoms with E-state index in [1.54, 1.807) is 0 Å². The Labute approximate surface area is 38.8 Å². The van der Waals surface area contributed by atoms with E-state index in [1.165, 1.54) is 0 Å². The van der Waals surface area contributed by atoms with Gasteiger partial charge in [0, 0.05) is 0 Å². The molecular formula is C2N2OS. The van der Waals surface area contributed by atoms with Gasteiger partial charge in [-0.2, -0.15) is 5.11 Å². The summed E-state index contributed by atoms with van der Waals surface area (Å²) in [7, 11) is 0. The summed E-state index contributed by atoms with van der Waals surface area (Å²) in [4.78, 5) is 9.88. The Kier molecular flexibility index (Phi) is 0.874. The lowest BCUT2D eigenvalue weighted by Gasteiger charge is -1.63. The third-order valence-electron chi connectivity index (χ3n) is 0.305. The van der Waals surface area contributed by atoms with Crippen molar-refractivity contribution in [3.8, 4) is 0 Å². The van der Waals surface area contributed by atoms with E-state index in [9.17, 15) is 4.79 Å². The maximum atomic E-state index is 9.88. The highest BCUT2D eigenvalue weighted by Gasteiger charge is 2.05. The first-order valence-electron chi connectivity index (χ1n) is 1.26. The first-order valence-corrected chi connectivity index (χ1v) is 2.08. The predicted molar refractivity (Wildman–Crippen MR) is 21.1 cm³/mol. The Bertz CT molecular complexity index is 99.7. The van der Waals surface area contributed by atoms with Crippen LogP contribution in [-0.2, 0) is 0 Å². The lowest BCUT2D eigenvalue weighted by atomic mass is 11.4. The molecule has 0 fully saturated rings. The molecule has 1 aliphatic heterocycles. The van der Waals surface area contributed by atoms with Crippen molar-refractivity contribution in [3.63, 3.8) is 0 Å². The average Bonchev–Trinajstić information content (AvgIpc) is 1.86. The van der Waals surface area contributed by atoms with Crippen LogP contribution >= 0.6 is 11.8 Å². The van der Waals surface area contributed by atoms with E-state index in [1.807, 2.05) is 0 Å². The van der Waals surface area contributed by atoms with Crippen molar-refractivity contribution in [1.82, 2.24) is 0 Å². The molecule has 0 aromatic heterocycles. The van der Waals surface area contributed by atoms with Crippen molar-refractivity contribution in [1.29, 1.82) is 0 Å². The molecule has 1 amide bonds. The summed E-state index contributed by atoms with van der Waals surface area (Å²) in [6.07, 6.45) is 0. The lowest BCUT2D eigenvalue weighted by molar-refractivity contribution is 0.267. The summed E-state index contributed by atoms with van der Waals surface area (Å²) in [5.41, 5.74) is 0. The van der Waals surface area contributed by atoms with Crippen molar-refractivity contribution in [2.75, 3.05) is 0 Å². The largest absolute Gasteiger partial charge is 0.325 e. The monoisotopic (exact) mass is 100.0 g/mol. The molecule has 0 atom stereocenters. The van der Waals surface area contributed by atoms with Gasteiger partial charge in [-0.3, -0.25) is 4.79 Å². The van der Waals surface area contributed by atoms with Crippen LogP contribution in [0.15, 0.2) is 10.2 Å². The van der Waals surface area contributed by atoms with Crippen LogP contribution in [0.1, 0.15) is 0 Å². The minimum atomic E-state index is -0.282. The number of nitrogens with zero attached hydrogens (tertiary/aromatic N) is 2. The normalized spacial score (nSPS) is 19.7. The van der Waals surface area contributed by atoms with E-state index < -0.39 is 0 Å². The van der Waals surface area contributed by atoms with Gasteiger partial charge in [-0.15, -0.1) is 5.11 Å². The highest BCUT2D eigenvalue weighted by molar-refractivity contribution is 8.15. The van der Waals surface area contributed by atoms with E-state index in [2.05, 4.69) is 16.1 Å². The quantitative estimate of drug-likeness (QED) is 0.460. The molecular weight excluding hydrogens is 100 g/mol. The molecule has 3 nitrogen and oxygen atoms in total. The van der Waals surface area contributed by atoms with Gasteiger partial charge in [0.25, 0.3) is 0 Å². The second kappa shape index (κ2) is 1.38. The molecule has 2 radical (unpaired) electrons. The zero-order valence-electron chi connectivity index (χ0n) is 2.71. The fourth-order valence-electron chi connectivity index (χ4n) is 0.141. The topological polar surface area (TPSA) is 41.8 Å². The van der Waals surface area contributed by atoms with Gasteiger partial charge < -0.3 is 0 Å². The summed E-state index contributed by atoms with van der Waals surface area (Å²) in [6, 6.07) is 0. The second-order valence-corrected chi connectivity index (χ2v) is 1.40. The minimum Gasteiger partial charge on any atom is -0.258 e. The van der Waals surface area contributed by atoms with Crippen molar-refractivity contribution in [2.24, 2.45) is 10.2 Å². The van der Waals surface area contributed by atoms with Crippen LogP contribution in [0.25, 0.3) is 0 Å². The van der Waals surface area contributed by atoms with Gasteiger partial charge in [-0.05, 0) is 11.8 Å². The summed E-state index contributed by atoms with van der Waals surface area (Å²) in [5.74, 6) is 2.30. The molecule has 0 N–H and O–H groups in total. The Morgan fingerprint density at radius 3 is 2.83 bits per heavy atom. The average molecular weight is 100 g/mol. The number of hydrogen-bond acceptors (Lipinski definition) is 3. The van der Waals surface area contributed by atoms with Gasteiger partial charge in [-0.25, -0.2) is 0 Å². The summed E-state index contributed by atoms with van der Waals surface area (Å²) >= 11 is 0.875. The number of carbonyl (C=O) groups is 1. The number of carbonyl (C=O) groups excluding carboxylic acids is 1. The van der Waals surface area contributed by atoms with E-state index >= 15 is 0 Å². The Balaban J connectivity index is 2.59. The standard InChI is InChI=1S/C2N2OS/c5-2-4-3-1-6-2. The van der Waals surface area contributed by atoms with Gasteiger partial charge in [0.1, 0.15) is 0 Å². The summed E-state index contributed by atoms with van der Waals surface area (Å²) in [5, 5.41) is 5.94. The molecule has 0 unspecified atom stereocenters. The fraction of sp³-hybridized carbons (Fsp3) is 0. The zero-order valence-corrected chi connectivity index (χ0v) is 3.53. The Morgan fingerprint density at radius 1 is 1.83 bits per heavy atom. The number of hydrogen-bond donors (Lipinski definition) is 0. The number of thioether (sulfide) groups is 1. The van der Waals surface area contributed by atoms with Crippen molar-refractivity contribution in [3.05, 3.63) is 5.88 Å². The maximum absolute atomic E-state index is 9.88. The van der Waals surface area contributed by atoms with E-state index in [-0.39, 0.29) is 5.24 Å². The second-order valence-electron chi connectivity index (χ2n) is 0.659. The predicted octanol–water partition coefficient (Wildman–Crippen LogP) is 1.30. The van der Waals surface area contributed by atoms with E-state index in [0.717, 1.165) is 11.8 Å². The van der Waals surface area contributed by atoms with Crippen LogP contribution in [0.4, 0.5) is 4.79 Å². The van der Waals surface area contributed by atoms with Gasteiger partial charge in [0.15, 0.2) is 0 Å². The molecule has 1 heterocycles. The van der Waals surface area contributed by atoms with Crippen LogP contribution in [0.5, 0.6) is 0 Å². The van der Waals surface area contributed by atoms with E-state index in [0.29, 0.717) is 0 Å². The lowest BCUT2D eigenvalue weighted by Crippen LogP contribution is -1.65. The van der Waals surface area contributed by atoms with Crippen LogP contribution in [0, 0.1) is 5.88 Å². The number of amides is 1. The molecule has 0 aromatic rings. The SMILES string of the molecule is O=C1N=N[C]S1. The van der Waals surface area contributed by atoms with Crippen LogP contribution in [0.3, 0.4) is 0 Å². The van der Waals surface area contributed by atoms with Crippen LogP contribution in [0.2, 0.25) is 0 Å². The smallest absolute Gasteiger partial charge is 0.258 e.